The molecule has 0 amide bonds. The number of rotatable bonds is 3. The first-order valence-electron chi connectivity index (χ1n) is 6.03. The van der Waals surface area contributed by atoms with E-state index in [9.17, 15) is 8.78 Å². The SMILES string of the molecule is Fc1cc(F)cc(OCC2CSc3ccccc32)c1. The van der Waals surface area contributed by atoms with Crippen molar-refractivity contribution in [3.05, 3.63) is 59.7 Å². The van der Waals surface area contributed by atoms with Gasteiger partial charge in [-0.3, -0.25) is 0 Å². The summed E-state index contributed by atoms with van der Waals surface area (Å²) < 4.78 is 31.6. The fourth-order valence-electron chi connectivity index (χ4n) is 2.18. The van der Waals surface area contributed by atoms with Gasteiger partial charge in [0.15, 0.2) is 0 Å². The minimum atomic E-state index is -0.615. The number of hydrogen-bond donors (Lipinski definition) is 0. The van der Waals surface area contributed by atoms with Gasteiger partial charge in [0.1, 0.15) is 17.4 Å². The topological polar surface area (TPSA) is 9.23 Å². The molecule has 0 N–H and O–H groups in total. The van der Waals surface area contributed by atoms with Gasteiger partial charge in [-0.05, 0) is 11.6 Å². The first-order chi connectivity index (χ1) is 9.22. The van der Waals surface area contributed by atoms with Gasteiger partial charge < -0.3 is 4.74 Å². The van der Waals surface area contributed by atoms with Crippen LogP contribution in [-0.4, -0.2) is 12.4 Å². The Morgan fingerprint density at radius 1 is 1.11 bits per heavy atom. The van der Waals surface area contributed by atoms with Crippen LogP contribution >= 0.6 is 11.8 Å². The van der Waals surface area contributed by atoms with Crippen molar-refractivity contribution in [1.82, 2.24) is 0 Å². The van der Waals surface area contributed by atoms with Crippen LogP contribution in [0.5, 0.6) is 5.75 Å². The molecule has 2 aromatic rings. The van der Waals surface area contributed by atoms with E-state index in [1.807, 2.05) is 12.1 Å². The van der Waals surface area contributed by atoms with Crippen LogP contribution in [0, 0.1) is 11.6 Å². The fourth-order valence-corrected chi connectivity index (χ4v) is 3.41. The predicted molar refractivity (Wildman–Crippen MR) is 71.8 cm³/mol. The standard InChI is InChI=1S/C15H12F2OS/c16-11-5-12(17)7-13(6-11)18-8-10-9-19-15-4-2-1-3-14(10)15/h1-7,10H,8-9H2. The highest BCUT2D eigenvalue weighted by atomic mass is 32.2. The molecule has 0 fully saturated rings. The van der Waals surface area contributed by atoms with Gasteiger partial charge in [-0.25, -0.2) is 8.78 Å². The maximum Gasteiger partial charge on any atom is 0.129 e. The Hall–Kier alpha value is -1.55. The van der Waals surface area contributed by atoms with Gasteiger partial charge in [-0.2, -0.15) is 0 Å². The highest BCUT2D eigenvalue weighted by molar-refractivity contribution is 7.99. The minimum absolute atomic E-state index is 0.242. The Morgan fingerprint density at radius 3 is 2.63 bits per heavy atom. The lowest BCUT2D eigenvalue weighted by atomic mass is 10.0. The first kappa shape index (κ1) is 12.5. The quantitative estimate of drug-likeness (QED) is 0.830. The molecule has 1 aliphatic rings. The zero-order valence-corrected chi connectivity index (χ0v) is 10.9. The van der Waals surface area contributed by atoms with Crippen LogP contribution in [0.4, 0.5) is 8.78 Å². The van der Waals surface area contributed by atoms with Crippen molar-refractivity contribution in [3.63, 3.8) is 0 Å². The molecule has 0 saturated heterocycles. The second-order valence-corrected chi connectivity index (χ2v) is 5.52. The molecule has 0 aliphatic carbocycles. The number of ether oxygens (including phenoxy) is 1. The highest BCUT2D eigenvalue weighted by Crippen LogP contribution is 2.39. The third-order valence-corrected chi connectivity index (χ3v) is 4.34. The number of fused-ring (bicyclic) bond motifs is 1. The van der Waals surface area contributed by atoms with Crippen LogP contribution in [0.25, 0.3) is 0 Å². The van der Waals surface area contributed by atoms with E-state index < -0.39 is 11.6 Å². The zero-order valence-electron chi connectivity index (χ0n) is 10.1. The molecule has 0 bridgehead atoms. The summed E-state index contributed by atoms with van der Waals surface area (Å²) in [5.41, 5.74) is 1.25. The van der Waals surface area contributed by atoms with E-state index in [0.29, 0.717) is 6.61 Å². The second kappa shape index (κ2) is 5.21. The van der Waals surface area contributed by atoms with Crippen molar-refractivity contribution in [2.45, 2.75) is 10.8 Å². The summed E-state index contributed by atoms with van der Waals surface area (Å²) in [4.78, 5) is 1.27. The van der Waals surface area contributed by atoms with Gasteiger partial charge in [0.2, 0.25) is 0 Å². The fraction of sp³-hybridized carbons (Fsp3) is 0.200. The van der Waals surface area contributed by atoms with Gasteiger partial charge in [0.05, 0.1) is 6.61 Å². The second-order valence-electron chi connectivity index (χ2n) is 4.46. The Kier molecular flexibility index (Phi) is 3.42. The molecule has 0 aromatic heterocycles. The van der Waals surface area contributed by atoms with Crippen molar-refractivity contribution in [3.8, 4) is 5.75 Å². The molecule has 1 atom stereocenters. The third-order valence-electron chi connectivity index (χ3n) is 3.09. The lowest BCUT2D eigenvalue weighted by Crippen LogP contribution is -2.10. The van der Waals surface area contributed by atoms with E-state index in [-0.39, 0.29) is 11.7 Å². The van der Waals surface area contributed by atoms with Crippen LogP contribution in [0.15, 0.2) is 47.4 Å². The zero-order chi connectivity index (χ0) is 13.2. The summed E-state index contributed by atoms with van der Waals surface area (Å²) in [5, 5.41) is 0. The Balaban J connectivity index is 1.70. The molecule has 0 saturated carbocycles. The van der Waals surface area contributed by atoms with Gasteiger partial charge in [-0.15, -0.1) is 11.8 Å². The van der Waals surface area contributed by atoms with E-state index in [4.69, 9.17) is 4.74 Å². The van der Waals surface area contributed by atoms with Gasteiger partial charge >= 0.3 is 0 Å². The van der Waals surface area contributed by atoms with Crippen molar-refractivity contribution < 1.29 is 13.5 Å². The molecule has 1 nitrogen and oxygen atoms in total. The molecule has 4 heteroatoms. The molecule has 0 spiro atoms. The maximum absolute atomic E-state index is 13.0. The van der Waals surface area contributed by atoms with E-state index in [1.54, 1.807) is 11.8 Å². The number of thioether (sulfide) groups is 1. The predicted octanol–water partition coefficient (Wildman–Crippen LogP) is 4.23. The first-order valence-corrected chi connectivity index (χ1v) is 7.01. The Labute approximate surface area is 114 Å². The summed E-state index contributed by atoms with van der Waals surface area (Å²) in [6.45, 7) is 0.437. The average molecular weight is 278 g/mol. The maximum atomic E-state index is 13.0. The van der Waals surface area contributed by atoms with Gasteiger partial charge in [0, 0.05) is 34.8 Å². The number of benzene rings is 2. The highest BCUT2D eigenvalue weighted by Gasteiger charge is 2.23. The molecule has 1 heterocycles. The van der Waals surface area contributed by atoms with Crippen molar-refractivity contribution in [2.75, 3.05) is 12.4 Å². The van der Waals surface area contributed by atoms with E-state index in [1.165, 1.54) is 22.6 Å². The van der Waals surface area contributed by atoms with Crippen molar-refractivity contribution in [2.24, 2.45) is 0 Å². The number of hydrogen-bond acceptors (Lipinski definition) is 2. The van der Waals surface area contributed by atoms with Crippen LogP contribution in [-0.2, 0) is 0 Å². The minimum Gasteiger partial charge on any atom is -0.493 e. The monoisotopic (exact) mass is 278 g/mol. The summed E-state index contributed by atoms with van der Waals surface area (Å²) in [6.07, 6.45) is 0. The lowest BCUT2D eigenvalue weighted by Gasteiger charge is -2.12. The molecule has 3 rings (SSSR count). The molecule has 2 aromatic carbocycles. The normalized spacial score (nSPS) is 17.3. The smallest absolute Gasteiger partial charge is 0.129 e. The summed E-state index contributed by atoms with van der Waals surface area (Å²) >= 11 is 1.79. The molecule has 19 heavy (non-hydrogen) atoms. The van der Waals surface area contributed by atoms with Gasteiger partial charge in [0.25, 0.3) is 0 Å². The Bertz CT molecular complexity index is 580. The van der Waals surface area contributed by atoms with E-state index >= 15 is 0 Å². The largest absolute Gasteiger partial charge is 0.493 e. The molecule has 1 unspecified atom stereocenters. The van der Waals surface area contributed by atoms with Crippen LogP contribution in [0.2, 0.25) is 0 Å². The molecule has 1 aliphatic heterocycles. The lowest BCUT2D eigenvalue weighted by molar-refractivity contribution is 0.295. The Morgan fingerprint density at radius 2 is 1.84 bits per heavy atom. The van der Waals surface area contributed by atoms with Crippen LogP contribution in [0.1, 0.15) is 11.5 Å². The third kappa shape index (κ3) is 2.73. The molecular weight excluding hydrogens is 266 g/mol. The van der Waals surface area contributed by atoms with Crippen LogP contribution < -0.4 is 4.74 Å². The summed E-state index contributed by atoms with van der Waals surface area (Å²) in [5.74, 6) is 0.226. The van der Waals surface area contributed by atoms with E-state index in [2.05, 4.69) is 12.1 Å². The van der Waals surface area contributed by atoms with Crippen LogP contribution in [0.3, 0.4) is 0 Å². The van der Waals surface area contributed by atoms with Crippen molar-refractivity contribution in [1.29, 1.82) is 0 Å². The molecular formula is C15H12F2OS. The average Bonchev–Trinajstić information content (AvgIpc) is 2.78. The van der Waals surface area contributed by atoms with E-state index in [0.717, 1.165) is 11.8 Å². The van der Waals surface area contributed by atoms with Gasteiger partial charge in [-0.1, -0.05) is 18.2 Å². The summed E-state index contributed by atoms with van der Waals surface area (Å²) in [6, 6.07) is 11.4. The molecule has 98 valence electrons. The molecule has 0 radical (unpaired) electrons. The summed E-state index contributed by atoms with van der Waals surface area (Å²) in [7, 11) is 0. The number of halogens is 2. The van der Waals surface area contributed by atoms with Crippen molar-refractivity contribution >= 4 is 11.8 Å².